The summed E-state index contributed by atoms with van der Waals surface area (Å²) in [6, 6.07) is 1.81. The van der Waals surface area contributed by atoms with Crippen LogP contribution < -0.4 is 15.1 Å². The molecule has 2 fully saturated rings. The number of carbonyl (C=O) groups excluding carboxylic acids is 2. The van der Waals surface area contributed by atoms with E-state index in [0.29, 0.717) is 24.1 Å². The van der Waals surface area contributed by atoms with Crippen molar-refractivity contribution in [3.05, 3.63) is 71.2 Å². The Bertz CT molecular complexity index is 1240. The molecule has 0 radical (unpaired) electrons. The van der Waals surface area contributed by atoms with Crippen molar-refractivity contribution in [2.24, 2.45) is 0 Å². The van der Waals surface area contributed by atoms with Gasteiger partial charge in [-0.25, -0.2) is 4.39 Å². The molecule has 7 nitrogen and oxygen atoms in total. The summed E-state index contributed by atoms with van der Waals surface area (Å²) in [6.45, 7) is 12.9. The van der Waals surface area contributed by atoms with Gasteiger partial charge in [-0.3, -0.25) is 14.5 Å². The number of carbonyl (C=O) groups is 2. The van der Waals surface area contributed by atoms with Gasteiger partial charge in [0.15, 0.2) is 0 Å². The van der Waals surface area contributed by atoms with E-state index in [9.17, 15) is 14.0 Å². The van der Waals surface area contributed by atoms with Crippen molar-refractivity contribution in [3.8, 4) is 0 Å². The van der Waals surface area contributed by atoms with Gasteiger partial charge in [-0.15, -0.1) is 4.98 Å². The number of halogens is 1. The second kappa shape index (κ2) is 6.95. The molecule has 1 spiro atoms. The smallest absolute Gasteiger partial charge is 0.272 e. The molecule has 2 heterocycles. The van der Waals surface area contributed by atoms with Crippen molar-refractivity contribution in [3.63, 3.8) is 0 Å². The number of hydrogen-bond donors (Lipinski definition) is 1. The summed E-state index contributed by atoms with van der Waals surface area (Å²) in [5.41, 5.74) is -0.618. The van der Waals surface area contributed by atoms with Crippen LogP contribution in [-0.4, -0.2) is 29.4 Å². The zero-order valence-electron chi connectivity index (χ0n) is 18.5. The second-order valence-corrected chi connectivity index (χ2v) is 7.29. The zero-order valence-corrected chi connectivity index (χ0v) is 16.5. The third kappa shape index (κ3) is 2.66. The number of pyridine rings is 1. The fourth-order valence-corrected chi connectivity index (χ4v) is 3.95. The van der Waals surface area contributed by atoms with Crippen LogP contribution >= 0.6 is 0 Å². The number of amides is 2. The molecule has 1 saturated heterocycles. The average Bonchev–Trinajstić information content (AvgIpc) is 2.97. The van der Waals surface area contributed by atoms with Crippen molar-refractivity contribution >= 4 is 29.0 Å². The molecule has 1 aliphatic heterocycles. The quantitative estimate of drug-likeness (QED) is 0.788. The van der Waals surface area contributed by atoms with Crippen LogP contribution in [0.3, 0.4) is 0 Å². The SMILES string of the molecule is [2H]c1cc(C(=O)NC)c(F)c([2H])c1N1C(=C)N(c2cnc([N+]#[C-])c(C)c2)C(=O)C12CCC2. The summed E-state index contributed by atoms with van der Waals surface area (Å²) in [7, 11) is 1.33. The lowest BCUT2D eigenvalue weighted by Gasteiger charge is -2.43. The minimum absolute atomic E-state index is 0.113. The maximum Gasteiger partial charge on any atom is 0.272 e. The van der Waals surface area contributed by atoms with Gasteiger partial charge in [-0.05, 0) is 56.0 Å². The van der Waals surface area contributed by atoms with Gasteiger partial charge < -0.3 is 15.1 Å². The maximum atomic E-state index is 15.0. The number of aromatic nitrogens is 1. The standard InChI is InChI=1S/C22H20FN5O2/c1-13-10-16(12-26-19(13)24-3)27-14(2)28(22(21(27)30)8-5-9-22)15-6-7-17(18(23)11-15)20(29)25-4/h6-7,10-12H,2,5,8-9H2,1,4H3,(H,25,29)/i6D,11D. The first-order valence-electron chi connectivity index (χ1n) is 10.4. The van der Waals surface area contributed by atoms with E-state index in [1.54, 1.807) is 13.0 Å². The molecule has 2 aromatic rings. The Kier molecular flexibility index (Phi) is 3.98. The lowest BCUT2D eigenvalue weighted by Crippen LogP contribution is -2.54. The Morgan fingerprint density at radius 1 is 1.47 bits per heavy atom. The van der Waals surface area contributed by atoms with Gasteiger partial charge in [-0.2, -0.15) is 0 Å². The number of hydrogen-bond acceptors (Lipinski definition) is 4. The van der Waals surface area contributed by atoms with E-state index in [1.165, 1.54) is 23.0 Å². The van der Waals surface area contributed by atoms with Crippen LogP contribution in [-0.2, 0) is 4.79 Å². The highest BCUT2D eigenvalue weighted by Crippen LogP contribution is 2.50. The molecule has 2 aliphatic rings. The Morgan fingerprint density at radius 2 is 2.20 bits per heavy atom. The van der Waals surface area contributed by atoms with Crippen molar-refractivity contribution in [2.45, 2.75) is 31.7 Å². The number of aryl methyl sites for hydroxylation is 1. The van der Waals surface area contributed by atoms with Crippen molar-refractivity contribution in [1.82, 2.24) is 10.3 Å². The number of rotatable bonds is 3. The maximum absolute atomic E-state index is 15.0. The van der Waals surface area contributed by atoms with Gasteiger partial charge in [0.25, 0.3) is 17.6 Å². The lowest BCUT2D eigenvalue weighted by molar-refractivity contribution is -0.124. The number of anilines is 2. The van der Waals surface area contributed by atoms with E-state index < -0.39 is 28.9 Å². The summed E-state index contributed by atoms with van der Waals surface area (Å²) < 4.78 is 31.8. The summed E-state index contributed by atoms with van der Waals surface area (Å²) in [4.78, 5) is 35.8. The van der Waals surface area contributed by atoms with Gasteiger partial charge in [0.05, 0.1) is 14.0 Å². The second-order valence-electron chi connectivity index (χ2n) is 7.29. The third-order valence-corrected chi connectivity index (χ3v) is 5.64. The van der Waals surface area contributed by atoms with Crippen LogP contribution in [0.1, 0.15) is 37.9 Å². The molecular weight excluding hydrogens is 385 g/mol. The molecule has 2 amide bonds. The molecular formula is C22H20FN5O2. The minimum atomic E-state index is -1.09. The van der Waals surface area contributed by atoms with E-state index >= 15 is 0 Å². The van der Waals surface area contributed by atoms with Gasteiger partial charge in [-0.1, -0.05) is 13.2 Å². The Balaban J connectivity index is 1.87. The van der Waals surface area contributed by atoms with Gasteiger partial charge >= 0.3 is 0 Å². The zero-order chi connectivity index (χ0) is 23.4. The summed E-state index contributed by atoms with van der Waals surface area (Å²) in [5, 5.41) is 2.30. The Hall–Kier alpha value is -3.73. The highest BCUT2D eigenvalue weighted by molar-refractivity contribution is 6.11. The van der Waals surface area contributed by atoms with Crippen LogP contribution in [0.15, 0.2) is 42.8 Å². The molecule has 0 atom stereocenters. The van der Waals surface area contributed by atoms with Crippen LogP contribution in [0, 0.1) is 19.3 Å². The summed E-state index contributed by atoms with van der Waals surface area (Å²) >= 11 is 0. The Morgan fingerprint density at radius 3 is 2.77 bits per heavy atom. The molecule has 1 N–H and O–H groups in total. The highest BCUT2D eigenvalue weighted by Gasteiger charge is 2.59. The molecule has 0 unspecified atom stereocenters. The predicted octanol–water partition coefficient (Wildman–Crippen LogP) is 3.69. The van der Waals surface area contributed by atoms with E-state index in [2.05, 4.69) is 21.7 Å². The van der Waals surface area contributed by atoms with E-state index in [0.717, 1.165) is 12.5 Å². The van der Waals surface area contributed by atoms with Crippen molar-refractivity contribution in [2.75, 3.05) is 16.8 Å². The first-order chi connectivity index (χ1) is 15.2. The molecule has 4 rings (SSSR count). The molecule has 1 saturated carbocycles. The number of benzene rings is 1. The third-order valence-electron chi connectivity index (χ3n) is 5.64. The number of nitrogens with zero attached hydrogens (tertiary/aromatic N) is 4. The minimum Gasteiger partial charge on any atom is -0.360 e. The number of nitrogens with one attached hydrogen (secondary N) is 1. The summed E-state index contributed by atoms with van der Waals surface area (Å²) in [6.07, 6.45) is 3.05. The van der Waals surface area contributed by atoms with Gasteiger partial charge in [0.1, 0.15) is 23.4 Å². The fourth-order valence-electron chi connectivity index (χ4n) is 3.95. The van der Waals surface area contributed by atoms with Crippen molar-refractivity contribution < 1.29 is 16.7 Å². The molecule has 152 valence electrons. The van der Waals surface area contributed by atoms with Crippen LogP contribution in [0.4, 0.5) is 21.6 Å². The van der Waals surface area contributed by atoms with Crippen LogP contribution in [0.25, 0.3) is 4.85 Å². The molecule has 30 heavy (non-hydrogen) atoms. The topological polar surface area (TPSA) is 69.9 Å². The first-order valence-corrected chi connectivity index (χ1v) is 9.37. The molecule has 1 aromatic carbocycles. The normalized spacial score (nSPS) is 18.1. The monoisotopic (exact) mass is 407 g/mol. The van der Waals surface area contributed by atoms with Gasteiger partial charge in [0.2, 0.25) is 0 Å². The van der Waals surface area contributed by atoms with E-state index in [-0.39, 0.29) is 29.3 Å². The van der Waals surface area contributed by atoms with E-state index in [4.69, 9.17) is 9.31 Å². The van der Waals surface area contributed by atoms with Gasteiger partial charge in [0, 0.05) is 12.7 Å². The first kappa shape index (κ1) is 17.2. The Labute approximate surface area is 176 Å². The molecule has 1 aromatic heterocycles. The fraction of sp³-hybridized carbons (Fsp3) is 0.273. The predicted molar refractivity (Wildman–Crippen MR) is 111 cm³/mol. The molecule has 0 bridgehead atoms. The molecule has 8 heteroatoms. The largest absolute Gasteiger partial charge is 0.360 e. The lowest BCUT2D eigenvalue weighted by atomic mass is 9.75. The summed E-state index contributed by atoms with van der Waals surface area (Å²) in [5.74, 6) is -1.73. The highest BCUT2D eigenvalue weighted by atomic mass is 19.1. The van der Waals surface area contributed by atoms with E-state index in [1.807, 2.05) is 0 Å². The average molecular weight is 407 g/mol. The van der Waals surface area contributed by atoms with Crippen LogP contribution in [0.2, 0.25) is 0 Å². The molecule has 1 aliphatic carbocycles. The van der Waals surface area contributed by atoms with Crippen LogP contribution in [0.5, 0.6) is 0 Å². The van der Waals surface area contributed by atoms with Crippen molar-refractivity contribution in [1.29, 1.82) is 0 Å².